The zero-order valence-corrected chi connectivity index (χ0v) is 17.7. The lowest BCUT2D eigenvalue weighted by Crippen LogP contribution is -2.18. The maximum atomic E-state index is 12.4. The SMILES string of the molecule is O=C(N/N=C/c1c(OCc2ccccc2)ccc2ccccc12)c1ccccc1Br. The van der Waals surface area contributed by atoms with E-state index in [1.165, 1.54) is 0 Å². The number of ether oxygens (including phenoxy) is 1. The van der Waals surface area contributed by atoms with Crippen LogP contribution in [0.2, 0.25) is 0 Å². The summed E-state index contributed by atoms with van der Waals surface area (Å²) >= 11 is 3.39. The molecule has 0 radical (unpaired) electrons. The summed E-state index contributed by atoms with van der Waals surface area (Å²) in [5.41, 5.74) is 5.02. The van der Waals surface area contributed by atoms with Crippen LogP contribution in [-0.4, -0.2) is 12.1 Å². The van der Waals surface area contributed by atoms with Gasteiger partial charge in [0, 0.05) is 10.0 Å². The van der Waals surface area contributed by atoms with E-state index in [2.05, 4.69) is 26.5 Å². The standard InChI is InChI=1S/C25H19BrN2O2/c26-23-13-7-6-12-21(23)25(29)28-27-16-22-20-11-5-4-10-19(20)14-15-24(22)30-17-18-8-2-1-3-9-18/h1-16H,17H2,(H,28,29)/b27-16+. The van der Waals surface area contributed by atoms with Crippen LogP contribution in [0.1, 0.15) is 21.5 Å². The van der Waals surface area contributed by atoms with Gasteiger partial charge in [-0.1, -0.05) is 72.8 Å². The number of hydrogen-bond acceptors (Lipinski definition) is 3. The molecule has 0 spiro atoms. The topological polar surface area (TPSA) is 50.7 Å². The van der Waals surface area contributed by atoms with E-state index in [9.17, 15) is 4.79 Å². The predicted octanol–water partition coefficient (Wildman–Crippen LogP) is 5.95. The number of fused-ring (bicyclic) bond motifs is 1. The van der Waals surface area contributed by atoms with Gasteiger partial charge >= 0.3 is 0 Å². The summed E-state index contributed by atoms with van der Waals surface area (Å²) in [5, 5.41) is 6.27. The lowest BCUT2D eigenvalue weighted by Gasteiger charge is -2.12. The summed E-state index contributed by atoms with van der Waals surface area (Å²) in [5.74, 6) is 0.419. The molecule has 0 saturated carbocycles. The van der Waals surface area contributed by atoms with Crippen LogP contribution < -0.4 is 10.2 Å². The van der Waals surface area contributed by atoms with Crippen molar-refractivity contribution in [2.75, 3.05) is 0 Å². The molecule has 4 rings (SSSR count). The second-order valence-corrected chi connectivity index (χ2v) is 7.51. The van der Waals surface area contributed by atoms with Crippen molar-refractivity contribution in [3.63, 3.8) is 0 Å². The van der Waals surface area contributed by atoms with Crippen molar-refractivity contribution in [2.45, 2.75) is 6.61 Å². The molecule has 0 saturated heterocycles. The number of amides is 1. The lowest BCUT2D eigenvalue weighted by molar-refractivity contribution is 0.0954. The molecule has 0 aliphatic rings. The minimum atomic E-state index is -0.286. The van der Waals surface area contributed by atoms with Crippen LogP contribution in [0.25, 0.3) is 10.8 Å². The maximum Gasteiger partial charge on any atom is 0.272 e. The summed E-state index contributed by atoms with van der Waals surface area (Å²) < 4.78 is 6.80. The van der Waals surface area contributed by atoms with E-state index in [-0.39, 0.29) is 5.91 Å². The number of carbonyl (C=O) groups excluding carboxylic acids is 1. The van der Waals surface area contributed by atoms with Crippen molar-refractivity contribution >= 4 is 38.8 Å². The van der Waals surface area contributed by atoms with Gasteiger partial charge in [0.25, 0.3) is 5.91 Å². The molecule has 4 nitrogen and oxygen atoms in total. The minimum absolute atomic E-state index is 0.286. The molecule has 0 bridgehead atoms. The summed E-state index contributed by atoms with van der Waals surface area (Å²) in [6.45, 7) is 0.448. The molecule has 0 aliphatic heterocycles. The number of halogens is 1. The van der Waals surface area contributed by atoms with Crippen molar-refractivity contribution < 1.29 is 9.53 Å². The van der Waals surface area contributed by atoms with E-state index in [4.69, 9.17) is 4.74 Å². The van der Waals surface area contributed by atoms with Crippen LogP contribution in [0, 0.1) is 0 Å². The van der Waals surface area contributed by atoms with Gasteiger partial charge < -0.3 is 4.74 Å². The Morgan fingerprint density at radius 2 is 1.63 bits per heavy atom. The minimum Gasteiger partial charge on any atom is -0.488 e. The van der Waals surface area contributed by atoms with Crippen molar-refractivity contribution in [3.05, 3.63) is 112 Å². The Labute approximate surface area is 183 Å². The number of benzene rings is 4. The van der Waals surface area contributed by atoms with Gasteiger partial charge in [-0.25, -0.2) is 5.43 Å². The van der Waals surface area contributed by atoms with Gasteiger partial charge in [-0.05, 0) is 50.5 Å². The number of nitrogens with zero attached hydrogens (tertiary/aromatic N) is 1. The number of carbonyl (C=O) groups is 1. The van der Waals surface area contributed by atoms with Crippen LogP contribution in [0.3, 0.4) is 0 Å². The average molecular weight is 459 g/mol. The zero-order valence-electron chi connectivity index (χ0n) is 16.1. The monoisotopic (exact) mass is 458 g/mol. The molecule has 0 fully saturated rings. The van der Waals surface area contributed by atoms with Gasteiger partial charge in [0.15, 0.2) is 0 Å². The molecular weight excluding hydrogens is 440 g/mol. The fourth-order valence-electron chi connectivity index (χ4n) is 3.13. The average Bonchev–Trinajstić information content (AvgIpc) is 2.79. The fourth-order valence-corrected chi connectivity index (χ4v) is 3.60. The molecule has 0 atom stereocenters. The van der Waals surface area contributed by atoms with Gasteiger partial charge in [0.2, 0.25) is 0 Å². The largest absolute Gasteiger partial charge is 0.488 e. The summed E-state index contributed by atoms with van der Waals surface area (Å²) in [6.07, 6.45) is 1.64. The molecule has 5 heteroatoms. The highest BCUT2D eigenvalue weighted by Crippen LogP contribution is 2.27. The fraction of sp³-hybridized carbons (Fsp3) is 0.0400. The summed E-state index contributed by atoms with van der Waals surface area (Å²) in [4.78, 5) is 12.4. The molecule has 0 aromatic heterocycles. The van der Waals surface area contributed by atoms with E-state index >= 15 is 0 Å². The van der Waals surface area contributed by atoms with Crippen molar-refractivity contribution in [2.24, 2.45) is 5.10 Å². The van der Waals surface area contributed by atoms with Crippen LogP contribution in [0.4, 0.5) is 0 Å². The van der Waals surface area contributed by atoms with E-state index in [1.807, 2.05) is 84.9 Å². The Morgan fingerprint density at radius 1 is 0.900 bits per heavy atom. The Hall–Kier alpha value is -3.44. The van der Waals surface area contributed by atoms with Gasteiger partial charge in [-0.3, -0.25) is 4.79 Å². The Bertz CT molecular complexity index is 1210. The third-order valence-electron chi connectivity index (χ3n) is 4.65. The number of hydrogen-bond donors (Lipinski definition) is 1. The molecule has 0 heterocycles. The third-order valence-corrected chi connectivity index (χ3v) is 5.34. The van der Waals surface area contributed by atoms with Gasteiger partial charge in [-0.15, -0.1) is 0 Å². The quantitative estimate of drug-likeness (QED) is 0.286. The van der Waals surface area contributed by atoms with Crippen molar-refractivity contribution in [1.82, 2.24) is 5.43 Å². The Kier molecular flexibility index (Phi) is 6.20. The maximum absolute atomic E-state index is 12.4. The molecule has 1 N–H and O–H groups in total. The number of rotatable bonds is 6. The molecule has 0 aliphatic carbocycles. The zero-order chi connectivity index (χ0) is 20.8. The van der Waals surface area contributed by atoms with Crippen LogP contribution in [0.15, 0.2) is 101 Å². The van der Waals surface area contributed by atoms with Gasteiger partial charge in [0.05, 0.1) is 11.8 Å². The summed E-state index contributed by atoms with van der Waals surface area (Å²) in [6, 6.07) is 29.2. The van der Waals surface area contributed by atoms with Crippen LogP contribution in [-0.2, 0) is 6.61 Å². The first-order valence-corrected chi connectivity index (χ1v) is 10.3. The molecular formula is C25H19BrN2O2. The van der Waals surface area contributed by atoms with Crippen molar-refractivity contribution in [3.8, 4) is 5.75 Å². The first-order valence-electron chi connectivity index (χ1n) is 9.49. The van der Waals surface area contributed by atoms with E-state index < -0.39 is 0 Å². The molecule has 30 heavy (non-hydrogen) atoms. The first kappa shape index (κ1) is 19.9. The molecule has 148 valence electrons. The molecule has 4 aromatic carbocycles. The Morgan fingerprint density at radius 3 is 2.47 bits per heavy atom. The molecule has 0 unspecified atom stereocenters. The van der Waals surface area contributed by atoms with Crippen molar-refractivity contribution in [1.29, 1.82) is 0 Å². The smallest absolute Gasteiger partial charge is 0.272 e. The van der Waals surface area contributed by atoms with E-state index in [0.717, 1.165) is 26.4 Å². The van der Waals surface area contributed by atoms with Crippen LogP contribution >= 0.6 is 15.9 Å². The number of hydrazone groups is 1. The molecule has 1 amide bonds. The predicted molar refractivity (Wildman–Crippen MR) is 124 cm³/mol. The first-order chi connectivity index (χ1) is 14.7. The van der Waals surface area contributed by atoms with Gasteiger partial charge in [0.1, 0.15) is 12.4 Å². The van der Waals surface area contributed by atoms with Gasteiger partial charge in [-0.2, -0.15) is 5.10 Å². The highest BCUT2D eigenvalue weighted by Gasteiger charge is 2.10. The highest BCUT2D eigenvalue weighted by molar-refractivity contribution is 9.10. The van der Waals surface area contributed by atoms with E-state index in [0.29, 0.717) is 17.9 Å². The normalized spacial score (nSPS) is 11.0. The third kappa shape index (κ3) is 4.58. The number of nitrogens with one attached hydrogen (secondary N) is 1. The van der Waals surface area contributed by atoms with E-state index in [1.54, 1.807) is 12.3 Å². The lowest BCUT2D eigenvalue weighted by atomic mass is 10.0. The summed E-state index contributed by atoms with van der Waals surface area (Å²) in [7, 11) is 0. The second kappa shape index (κ2) is 9.37. The Balaban J connectivity index is 1.60. The van der Waals surface area contributed by atoms with Crippen LogP contribution in [0.5, 0.6) is 5.75 Å². The molecule has 4 aromatic rings. The highest BCUT2D eigenvalue weighted by atomic mass is 79.9. The second-order valence-electron chi connectivity index (χ2n) is 6.65.